The Hall–Kier alpha value is -0.910. The molecular formula is C7H4BrF3O2. The zero-order valence-electron chi connectivity index (χ0n) is 6.10. The summed E-state index contributed by atoms with van der Waals surface area (Å²) in [6.07, 6.45) is 0. The first-order chi connectivity index (χ1) is 6.00. The summed E-state index contributed by atoms with van der Waals surface area (Å²) < 4.78 is 40.0. The zero-order valence-corrected chi connectivity index (χ0v) is 7.69. The maximum atomic E-state index is 12.8. The molecular weight excluding hydrogens is 253 g/mol. The van der Waals surface area contributed by atoms with Crippen LogP contribution in [0.15, 0.2) is 16.6 Å². The van der Waals surface area contributed by atoms with Gasteiger partial charge < -0.3 is 9.84 Å². The number of ether oxygens (including phenoxy) is 1. The molecule has 2 nitrogen and oxygen atoms in total. The van der Waals surface area contributed by atoms with E-state index in [9.17, 15) is 13.2 Å². The van der Waals surface area contributed by atoms with Crippen LogP contribution in [-0.2, 0) is 0 Å². The van der Waals surface area contributed by atoms with Gasteiger partial charge in [-0.15, -0.1) is 0 Å². The maximum absolute atomic E-state index is 12.8. The van der Waals surface area contributed by atoms with E-state index in [1.807, 2.05) is 0 Å². The van der Waals surface area contributed by atoms with Crippen molar-refractivity contribution in [3.8, 4) is 11.5 Å². The summed E-state index contributed by atoms with van der Waals surface area (Å²) >= 11 is 2.77. The van der Waals surface area contributed by atoms with E-state index in [0.29, 0.717) is 6.07 Å². The maximum Gasteiger partial charge on any atom is 0.387 e. The smallest absolute Gasteiger partial charge is 0.387 e. The number of benzene rings is 1. The summed E-state index contributed by atoms with van der Waals surface area (Å²) in [5.74, 6) is -2.04. The monoisotopic (exact) mass is 256 g/mol. The average molecular weight is 257 g/mol. The van der Waals surface area contributed by atoms with Crippen molar-refractivity contribution in [1.82, 2.24) is 0 Å². The Bertz CT molecular complexity index is 294. The first kappa shape index (κ1) is 10.2. The number of phenolic OH excluding ortho intramolecular Hbond substituents is 1. The molecule has 0 saturated heterocycles. The molecule has 0 bridgehead atoms. The highest BCUT2D eigenvalue weighted by Crippen LogP contribution is 2.32. The van der Waals surface area contributed by atoms with Crippen molar-refractivity contribution >= 4 is 15.9 Å². The Labute approximate surface area is 80.1 Å². The molecule has 0 aliphatic rings. The Kier molecular flexibility index (Phi) is 3.02. The standard InChI is InChI=1S/C7H4BrF3O2/c8-4-1-3(12)2-5(9)6(4)13-7(10)11/h1-2,7,12H. The van der Waals surface area contributed by atoms with Gasteiger partial charge in [0.1, 0.15) is 5.75 Å². The second-order valence-corrected chi connectivity index (χ2v) is 2.97. The van der Waals surface area contributed by atoms with Gasteiger partial charge >= 0.3 is 6.61 Å². The van der Waals surface area contributed by atoms with Gasteiger partial charge in [-0.1, -0.05) is 0 Å². The summed E-state index contributed by atoms with van der Waals surface area (Å²) in [5.41, 5.74) is 0. The van der Waals surface area contributed by atoms with Gasteiger partial charge in [-0.3, -0.25) is 0 Å². The fraction of sp³-hybridized carbons (Fsp3) is 0.143. The Balaban J connectivity index is 3.06. The van der Waals surface area contributed by atoms with E-state index in [1.54, 1.807) is 0 Å². The molecule has 0 heterocycles. The lowest BCUT2D eigenvalue weighted by atomic mass is 10.3. The van der Waals surface area contributed by atoms with E-state index >= 15 is 0 Å². The second kappa shape index (κ2) is 3.87. The molecule has 1 N–H and O–H groups in total. The predicted octanol–water partition coefficient (Wildman–Crippen LogP) is 2.90. The highest BCUT2D eigenvalue weighted by molar-refractivity contribution is 9.10. The van der Waals surface area contributed by atoms with E-state index in [1.165, 1.54) is 0 Å². The predicted molar refractivity (Wildman–Crippen MR) is 42.4 cm³/mol. The molecule has 0 radical (unpaired) electrons. The van der Waals surface area contributed by atoms with E-state index in [0.717, 1.165) is 6.07 Å². The van der Waals surface area contributed by atoms with Gasteiger partial charge in [0.25, 0.3) is 0 Å². The van der Waals surface area contributed by atoms with Gasteiger partial charge in [0, 0.05) is 6.07 Å². The SMILES string of the molecule is Oc1cc(F)c(OC(F)F)c(Br)c1. The fourth-order valence-electron chi connectivity index (χ4n) is 0.748. The van der Waals surface area contributed by atoms with Crippen molar-refractivity contribution in [2.45, 2.75) is 6.61 Å². The first-order valence-electron chi connectivity index (χ1n) is 3.13. The van der Waals surface area contributed by atoms with Crippen molar-refractivity contribution in [3.63, 3.8) is 0 Å². The third-order valence-electron chi connectivity index (χ3n) is 1.19. The molecule has 0 atom stereocenters. The lowest BCUT2D eigenvalue weighted by Crippen LogP contribution is -2.04. The first-order valence-corrected chi connectivity index (χ1v) is 3.93. The number of rotatable bonds is 2. The van der Waals surface area contributed by atoms with Crippen LogP contribution < -0.4 is 4.74 Å². The third-order valence-corrected chi connectivity index (χ3v) is 1.78. The van der Waals surface area contributed by atoms with Crippen molar-refractivity contribution in [3.05, 3.63) is 22.4 Å². The molecule has 0 spiro atoms. The van der Waals surface area contributed by atoms with Crippen molar-refractivity contribution in [2.24, 2.45) is 0 Å². The molecule has 0 fully saturated rings. The fourth-order valence-corrected chi connectivity index (χ4v) is 1.27. The number of alkyl halides is 2. The van der Waals surface area contributed by atoms with E-state index in [-0.39, 0.29) is 10.2 Å². The topological polar surface area (TPSA) is 29.5 Å². The van der Waals surface area contributed by atoms with Crippen LogP contribution in [0.1, 0.15) is 0 Å². The van der Waals surface area contributed by atoms with Crippen molar-refractivity contribution in [2.75, 3.05) is 0 Å². The average Bonchev–Trinajstić information content (AvgIpc) is 1.96. The highest BCUT2D eigenvalue weighted by atomic mass is 79.9. The zero-order chi connectivity index (χ0) is 10.0. The minimum atomic E-state index is -3.10. The number of phenols is 1. The summed E-state index contributed by atoms with van der Waals surface area (Å²) in [4.78, 5) is 0. The number of halogens is 4. The van der Waals surface area contributed by atoms with Crippen LogP contribution in [0.5, 0.6) is 11.5 Å². The Morgan fingerprint density at radius 2 is 2.00 bits per heavy atom. The third kappa shape index (κ3) is 2.51. The Morgan fingerprint density at radius 1 is 1.38 bits per heavy atom. The minimum Gasteiger partial charge on any atom is -0.508 e. The lowest BCUT2D eigenvalue weighted by Gasteiger charge is -2.07. The molecule has 72 valence electrons. The Morgan fingerprint density at radius 3 is 2.46 bits per heavy atom. The van der Waals surface area contributed by atoms with E-state index < -0.39 is 18.2 Å². The minimum absolute atomic E-state index is 0.0645. The molecule has 6 heteroatoms. The summed E-state index contributed by atoms with van der Waals surface area (Å²) in [5, 5.41) is 8.84. The molecule has 0 amide bonds. The van der Waals surface area contributed by atoms with Crippen molar-refractivity contribution < 1.29 is 23.0 Å². The molecule has 0 aliphatic carbocycles. The number of hydrogen-bond donors (Lipinski definition) is 1. The number of aromatic hydroxyl groups is 1. The lowest BCUT2D eigenvalue weighted by molar-refractivity contribution is -0.0527. The molecule has 0 saturated carbocycles. The second-order valence-electron chi connectivity index (χ2n) is 2.12. The molecule has 1 aromatic carbocycles. The largest absolute Gasteiger partial charge is 0.508 e. The van der Waals surface area contributed by atoms with Crippen LogP contribution in [-0.4, -0.2) is 11.7 Å². The van der Waals surface area contributed by atoms with Crippen LogP contribution >= 0.6 is 15.9 Å². The summed E-state index contributed by atoms with van der Waals surface area (Å²) in [6.45, 7) is -3.10. The van der Waals surface area contributed by atoms with Gasteiger partial charge in [0.15, 0.2) is 11.6 Å². The molecule has 13 heavy (non-hydrogen) atoms. The molecule has 0 aliphatic heterocycles. The van der Waals surface area contributed by atoms with Crippen LogP contribution in [0.3, 0.4) is 0 Å². The van der Waals surface area contributed by atoms with Gasteiger partial charge in [-0.25, -0.2) is 4.39 Å². The van der Waals surface area contributed by atoms with Gasteiger partial charge in [0.05, 0.1) is 4.47 Å². The van der Waals surface area contributed by atoms with Crippen LogP contribution in [0, 0.1) is 5.82 Å². The number of hydrogen-bond acceptors (Lipinski definition) is 2. The molecule has 0 aromatic heterocycles. The van der Waals surface area contributed by atoms with Crippen LogP contribution in [0.2, 0.25) is 0 Å². The van der Waals surface area contributed by atoms with Gasteiger partial charge in [-0.2, -0.15) is 8.78 Å². The molecule has 1 rings (SSSR count). The van der Waals surface area contributed by atoms with Crippen LogP contribution in [0.4, 0.5) is 13.2 Å². The van der Waals surface area contributed by atoms with Crippen molar-refractivity contribution in [1.29, 1.82) is 0 Å². The highest BCUT2D eigenvalue weighted by Gasteiger charge is 2.14. The van der Waals surface area contributed by atoms with E-state index in [2.05, 4.69) is 20.7 Å². The quantitative estimate of drug-likeness (QED) is 0.882. The van der Waals surface area contributed by atoms with Crippen LogP contribution in [0.25, 0.3) is 0 Å². The van der Waals surface area contributed by atoms with E-state index in [4.69, 9.17) is 5.11 Å². The summed E-state index contributed by atoms with van der Waals surface area (Å²) in [7, 11) is 0. The molecule has 0 unspecified atom stereocenters. The summed E-state index contributed by atoms with van der Waals surface area (Å²) in [6, 6.07) is 1.74. The van der Waals surface area contributed by atoms with Gasteiger partial charge in [0.2, 0.25) is 0 Å². The molecule has 1 aromatic rings. The van der Waals surface area contributed by atoms with Gasteiger partial charge in [-0.05, 0) is 22.0 Å². The normalized spacial score (nSPS) is 10.5.